The molecule has 1 fully saturated rings. The molecule has 0 bridgehead atoms. The standard InChI is InChI=1S/C14H14ClNO3S/c1-18-9-2-3-11-10(8-9)12(15)13(20-11)14(17)16-4-6-19-7-5-16/h2-3,8H,4-7H2,1H3. The topological polar surface area (TPSA) is 38.8 Å². The van der Waals surface area contributed by atoms with Gasteiger partial charge < -0.3 is 14.4 Å². The number of rotatable bonds is 2. The fourth-order valence-electron chi connectivity index (χ4n) is 2.22. The lowest BCUT2D eigenvalue weighted by atomic mass is 10.2. The summed E-state index contributed by atoms with van der Waals surface area (Å²) in [5, 5.41) is 1.38. The van der Waals surface area contributed by atoms with Crippen molar-refractivity contribution in [2.45, 2.75) is 0 Å². The number of carbonyl (C=O) groups excluding carboxylic acids is 1. The van der Waals surface area contributed by atoms with Crippen molar-refractivity contribution in [3.8, 4) is 5.75 Å². The smallest absolute Gasteiger partial charge is 0.265 e. The summed E-state index contributed by atoms with van der Waals surface area (Å²) >= 11 is 7.80. The number of methoxy groups -OCH3 is 1. The van der Waals surface area contributed by atoms with Gasteiger partial charge in [-0.05, 0) is 18.2 Å². The van der Waals surface area contributed by atoms with Crippen LogP contribution in [0.25, 0.3) is 10.1 Å². The first-order chi connectivity index (χ1) is 9.70. The molecule has 2 heterocycles. The van der Waals surface area contributed by atoms with E-state index in [1.165, 1.54) is 11.3 Å². The molecule has 4 nitrogen and oxygen atoms in total. The van der Waals surface area contributed by atoms with E-state index < -0.39 is 0 Å². The quantitative estimate of drug-likeness (QED) is 0.855. The zero-order valence-corrected chi connectivity index (χ0v) is 12.6. The molecule has 2 aromatic rings. The highest BCUT2D eigenvalue weighted by molar-refractivity contribution is 7.21. The van der Waals surface area contributed by atoms with E-state index in [1.807, 2.05) is 18.2 Å². The molecule has 106 valence electrons. The molecule has 0 N–H and O–H groups in total. The Labute approximate surface area is 125 Å². The molecule has 1 aromatic carbocycles. The third kappa shape index (κ3) is 2.37. The predicted octanol–water partition coefficient (Wildman–Crippen LogP) is 3.04. The number of carbonyl (C=O) groups is 1. The van der Waals surface area contributed by atoms with Gasteiger partial charge in [-0.1, -0.05) is 11.6 Å². The lowest BCUT2D eigenvalue weighted by molar-refractivity contribution is 0.0306. The Morgan fingerprint density at radius 3 is 2.85 bits per heavy atom. The number of hydrogen-bond acceptors (Lipinski definition) is 4. The molecule has 1 saturated heterocycles. The van der Waals surface area contributed by atoms with Crippen LogP contribution in [-0.2, 0) is 4.74 Å². The minimum atomic E-state index is -0.0153. The minimum absolute atomic E-state index is 0.0153. The van der Waals surface area contributed by atoms with E-state index in [0.717, 1.165) is 15.8 Å². The number of fused-ring (bicyclic) bond motifs is 1. The van der Waals surface area contributed by atoms with Crippen molar-refractivity contribution < 1.29 is 14.3 Å². The predicted molar refractivity (Wildman–Crippen MR) is 80.1 cm³/mol. The average Bonchev–Trinajstić information content (AvgIpc) is 2.84. The average molecular weight is 312 g/mol. The van der Waals surface area contributed by atoms with E-state index >= 15 is 0 Å². The van der Waals surface area contributed by atoms with Crippen LogP contribution in [-0.4, -0.2) is 44.2 Å². The molecular weight excluding hydrogens is 298 g/mol. The van der Waals surface area contributed by atoms with Gasteiger partial charge in [0.25, 0.3) is 5.91 Å². The number of benzene rings is 1. The Morgan fingerprint density at radius 1 is 1.40 bits per heavy atom. The number of thiophene rings is 1. The largest absolute Gasteiger partial charge is 0.497 e. The lowest BCUT2D eigenvalue weighted by Gasteiger charge is -2.26. The Hall–Kier alpha value is -1.30. The molecule has 3 rings (SSSR count). The van der Waals surface area contributed by atoms with E-state index in [-0.39, 0.29) is 5.91 Å². The molecule has 0 saturated carbocycles. The van der Waals surface area contributed by atoms with Gasteiger partial charge in [0, 0.05) is 23.2 Å². The number of morpholine rings is 1. The fourth-order valence-corrected chi connectivity index (χ4v) is 3.67. The van der Waals surface area contributed by atoms with Gasteiger partial charge in [-0.25, -0.2) is 0 Å². The number of ether oxygens (including phenoxy) is 2. The second-order valence-corrected chi connectivity index (χ2v) is 5.94. The molecule has 1 amide bonds. The van der Waals surface area contributed by atoms with Crippen molar-refractivity contribution in [3.63, 3.8) is 0 Å². The summed E-state index contributed by atoms with van der Waals surface area (Å²) in [5.41, 5.74) is 0. The van der Waals surface area contributed by atoms with Crippen molar-refractivity contribution in [1.82, 2.24) is 4.90 Å². The fraction of sp³-hybridized carbons (Fsp3) is 0.357. The van der Waals surface area contributed by atoms with Gasteiger partial charge in [-0.3, -0.25) is 4.79 Å². The summed E-state index contributed by atoms with van der Waals surface area (Å²) in [6.07, 6.45) is 0. The van der Waals surface area contributed by atoms with Crippen LogP contribution >= 0.6 is 22.9 Å². The zero-order chi connectivity index (χ0) is 14.1. The van der Waals surface area contributed by atoms with Gasteiger partial charge >= 0.3 is 0 Å². The van der Waals surface area contributed by atoms with Crippen molar-refractivity contribution in [1.29, 1.82) is 0 Å². The number of amides is 1. The van der Waals surface area contributed by atoms with Crippen molar-refractivity contribution >= 4 is 38.9 Å². The molecule has 0 atom stereocenters. The first-order valence-corrected chi connectivity index (χ1v) is 7.53. The van der Waals surface area contributed by atoms with Gasteiger partial charge in [0.05, 0.1) is 25.3 Å². The van der Waals surface area contributed by atoms with Crippen LogP contribution in [0.4, 0.5) is 0 Å². The minimum Gasteiger partial charge on any atom is -0.497 e. The van der Waals surface area contributed by atoms with Gasteiger partial charge in [0.15, 0.2) is 0 Å². The van der Waals surface area contributed by atoms with Crippen LogP contribution < -0.4 is 4.74 Å². The van der Waals surface area contributed by atoms with E-state index in [0.29, 0.717) is 36.2 Å². The van der Waals surface area contributed by atoms with Crippen LogP contribution in [0.5, 0.6) is 5.75 Å². The van der Waals surface area contributed by atoms with Gasteiger partial charge in [0.2, 0.25) is 0 Å². The number of nitrogens with zero attached hydrogens (tertiary/aromatic N) is 1. The van der Waals surface area contributed by atoms with E-state index in [1.54, 1.807) is 12.0 Å². The summed E-state index contributed by atoms with van der Waals surface area (Å²) in [5.74, 6) is 0.723. The van der Waals surface area contributed by atoms with Gasteiger partial charge in [0.1, 0.15) is 10.6 Å². The van der Waals surface area contributed by atoms with Crippen LogP contribution in [0.3, 0.4) is 0 Å². The maximum Gasteiger partial charge on any atom is 0.265 e. The summed E-state index contributed by atoms with van der Waals surface area (Å²) < 4.78 is 11.5. The second-order valence-electron chi connectivity index (χ2n) is 4.51. The van der Waals surface area contributed by atoms with Crippen LogP contribution in [0, 0.1) is 0 Å². The molecule has 0 unspecified atom stereocenters. The summed E-state index contributed by atoms with van der Waals surface area (Å²) in [7, 11) is 1.61. The second kappa shape index (κ2) is 5.60. The highest BCUT2D eigenvalue weighted by atomic mass is 35.5. The number of halogens is 1. The molecule has 0 aliphatic carbocycles. The van der Waals surface area contributed by atoms with E-state index in [9.17, 15) is 4.79 Å². The molecule has 20 heavy (non-hydrogen) atoms. The molecule has 1 aliphatic heterocycles. The molecule has 1 aliphatic rings. The first-order valence-electron chi connectivity index (χ1n) is 6.34. The maximum absolute atomic E-state index is 12.5. The van der Waals surface area contributed by atoms with Crippen LogP contribution in [0.15, 0.2) is 18.2 Å². The van der Waals surface area contributed by atoms with Gasteiger partial charge in [-0.15, -0.1) is 11.3 Å². The molecule has 0 spiro atoms. The van der Waals surface area contributed by atoms with Crippen LogP contribution in [0.2, 0.25) is 5.02 Å². The van der Waals surface area contributed by atoms with Gasteiger partial charge in [-0.2, -0.15) is 0 Å². The molecular formula is C14H14ClNO3S. The Balaban J connectivity index is 1.98. The monoisotopic (exact) mass is 311 g/mol. The summed E-state index contributed by atoms with van der Waals surface area (Å²) in [6.45, 7) is 2.41. The number of hydrogen-bond donors (Lipinski definition) is 0. The Bertz CT molecular complexity index is 649. The van der Waals surface area contributed by atoms with Crippen LogP contribution in [0.1, 0.15) is 9.67 Å². The van der Waals surface area contributed by atoms with Crippen molar-refractivity contribution in [2.24, 2.45) is 0 Å². The van der Waals surface area contributed by atoms with Crippen molar-refractivity contribution in [2.75, 3.05) is 33.4 Å². The Kier molecular flexibility index (Phi) is 3.83. The lowest BCUT2D eigenvalue weighted by Crippen LogP contribution is -2.40. The normalized spacial score (nSPS) is 15.6. The highest BCUT2D eigenvalue weighted by Crippen LogP contribution is 2.38. The zero-order valence-electron chi connectivity index (χ0n) is 11.0. The third-order valence-corrected chi connectivity index (χ3v) is 4.99. The molecule has 0 radical (unpaired) electrons. The molecule has 1 aromatic heterocycles. The third-order valence-electron chi connectivity index (χ3n) is 3.33. The summed E-state index contributed by atoms with van der Waals surface area (Å²) in [6, 6.07) is 5.67. The van der Waals surface area contributed by atoms with E-state index in [2.05, 4.69) is 0 Å². The van der Waals surface area contributed by atoms with Crippen molar-refractivity contribution in [3.05, 3.63) is 28.1 Å². The highest BCUT2D eigenvalue weighted by Gasteiger charge is 2.24. The SMILES string of the molecule is COc1ccc2sc(C(=O)N3CCOCC3)c(Cl)c2c1. The first kappa shape index (κ1) is 13.7. The molecule has 6 heteroatoms. The maximum atomic E-state index is 12.5. The van der Waals surface area contributed by atoms with E-state index in [4.69, 9.17) is 21.1 Å². The summed E-state index contributed by atoms with van der Waals surface area (Å²) in [4.78, 5) is 14.9. The Morgan fingerprint density at radius 2 is 2.15 bits per heavy atom.